The Morgan fingerprint density at radius 2 is 2.00 bits per heavy atom. The molecule has 0 amide bonds. The molecule has 0 bridgehead atoms. The molecule has 0 N–H and O–H groups in total. The van der Waals surface area contributed by atoms with E-state index < -0.39 is 5.97 Å². The van der Waals surface area contributed by atoms with Crippen molar-refractivity contribution in [3.63, 3.8) is 0 Å². The average molecular weight is 333 g/mol. The lowest BCUT2D eigenvalue weighted by atomic mass is 10.1. The van der Waals surface area contributed by atoms with Gasteiger partial charge in [-0.2, -0.15) is 0 Å². The van der Waals surface area contributed by atoms with E-state index in [1.807, 2.05) is 54.6 Å². The van der Waals surface area contributed by atoms with E-state index in [9.17, 15) is 4.79 Å². The first kappa shape index (κ1) is 15.2. The smallest absolute Gasteiger partial charge is 0.363 e. The van der Waals surface area contributed by atoms with Gasteiger partial charge in [0.25, 0.3) is 0 Å². The van der Waals surface area contributed by atoms with Gasteiger partial charge < -0.3 is 14.2 Å². The number of ether oxygens (including phenoxy) is 3. The van der Waals surface area contributed by atoms with Gasteiger partial charge in [0.15, 0.2) is 5.70 Å². The van der Waals surface area contributed by atoms with E-state index >= 15 is 0 Å². The van der Waals surface area contributed by atoms with Gasteiger partial charge in [-0.25, -0.2) is 9.79 Å². The summed E-state index contributed by atoms with van der Waals surface area (Å²) in [4.78, 5) is 16.4. The molecule has 5 heteroatoms. The van der Waals surface area contributed by atoms with Gasteiger partial charge in [0.05, 0.1) is 7.11 Å². The zero-order valence-corrected chi connectivity index (χ0v) is 13.6. The molecule has 2 heterocycles. The van der Waals surface area contributed by atoms with Crippen LogP contribution in [0.3, 0.4) is 0 Å². The second-order valence-corrected chi connectivity index (χ2v) is 5.61. The molecule has 0 aliphatic carbocycles. The molecule has 0 saturated heterocycles. The molecule has 0 atom stereocenters. The van der Waals surface area contributed by atoms with E-state index in [1.54, 1.807) is 13.2 Å². The SMILES string of the molecule is COc1ccc2c(c1)OCC(/C=C1/N=C(c3ccccc3)OC1=O)=C2. The molecule has 0 aromatic heterocycles. The van der Waals surface area contributed by atoms with E-state index in [0.717, 1.165) is 28.2 Å². The first-order valence-electron chi connectivity index (χ1n) is 7.82. The van der Waals surface area contributed by atoms with Gasteiger partial charge in [0.1, 0.15) is 18.1 Å². The van der Waals surface area contributed by atoms with Crippen LogP contribution in [0.1, 0.15) is 11.1 Å². The Bertz CT molecular complexity index is 926. The minimum Gasteiger partial charge on any atom is -0.497 e. The standard InChI is InChI=1S/C20H15NO4/c1-23-16-8-7-15-9-13(12-24-18(15)11-16)10-17-20(22)25-19(21-17)14-5-3-2-4-6-14/h2-11H,12H2,1H3/b17-10+. The van der Waals surface area contributed by atoms with E-state index in [4.69, 9.17) is 14.2 Å². The Kier molecular flexibility index (Phi) is 3.82. The summed E-state index contributed by atoms with van der Waals surface area (Å²) in [5.74, 6) is 1.36. The van der Waals surface area contributed by atoms with Gasteiger partial charge >= 0.3 is 5.97 Å². The van der Waals surface area contributed by atoms with Gasteiger partial charge in [-0.3, -0.25) is 0 Å². The molecule has 0 unspecified atom stereocenters. The van der Waals surface area contributed by atoms with Crippen LogP contribution in [-0.2, 0) is 9.53 Å². The Balaban J connectivity index is 1.63. The van der Waals surface area contributed by atoms with E-state index in [1.165, 1.54) is 0 Å². The van der Waals surface area contributed by atoms with Crippen LogP contribution in [0.2, 0.25) is 0 Å². The molecular formula is C20H15NO4. The van der Waals surface area contributed by atoms with Crippen molar-refractivity contribution in [3.05, 3.63) is 77.0 Å². The lowest BCUT2D eigenvalue weighted by Crippen LogP contribution is -2.08. The van der Waals surface area contributed by atoms with Gasteiger partial charge in [-0.1, -0.05) is 18.2 Å². The minimum absolute atomic E-state index is 0.269. The normalized spacial score (nSPS) is 17.3. The van der Waals surface area contributed by atoms with Crippen molar-refractivity contribution in [2.24, 2.45) is 4.99 Å². The molecule has 2 aliphatic heterocycles. The van der Waals surface area contributed by atoms with Gasteiger partial charge in [0, 0.05) is 17.2 Å². The average Bonchev–Trinajstić information content (AvgIpc) is 3.02. The van der Waals surface area contributed by atoms with Crippen LogP contribution in [0, 0.1) is 0 Å². The molecule has 0 radical (unpaired) electrons. The number of rotatable bonds is 3. The summed E-state index contributed by atoms with van der Waals surface area (Å²) >= 11 is 0. The summed E-state index contributed by atoms with van der Waals surface area (Å²) in [6.45, 7) is 0.354. The molecule has 2 aliphatic rings. The number of cyclic esters (lactones) is 1. The fourth-order valence-corrected chi connectivity index (χ4v) is 2.66. The molecule has 4 rings (SSSR count). The Hall–Kier alpha value is -3.34. The summed E-state index contributed by atoms with van der Waals surface area (Å²) in [5.41, 5.74) is 2.82. The maximum atomic E-state index is 12.1. The quantitative estimate of drug-likeness (QED) is 0.638. The van der Waals surface area contributed by atoms with Gasteiger partial charge in [-0.15, -0.1) is 0 Å². The number of nitrogens with zero attached hydrogens (tertiary/aromatic N) is 1. The first-order valence-corrected chi connectivity index (χ1v) is 7.82. The summed E-state index contributed by atoms with van der Waals surface area (Å²) in [5, 5.41) is 0. The summed E-state index contributed by atoms with van der Waals surface area (Å²) in [6.07, 6.45) is 3.67. The number of aliphatic imine (C=N–C) groups is 1. The van der Waals surface area contributed by atoms with Crippen molar-refractivity contribution in [1.82, 2.24) is 0 Å². The lowest BCUT2D eigenvalue weighted by Gasteiger charge is -2.16. The molecule has 5 nitrogen and oxygen atoms in total. The van der Waals surface area contributed by atoms with E-state index in [-0.39, 0.29) is 5.70 Å². The van der Waals surface area contributed by atoms with Crippen molar-refractivity contribution in [3.8, 4) is 11.5 Å². The summed E-state index contributed by atoms with van der Waals surface area (Å²) in [6, 6.07) is 15.0. The first-order chi connectivity index (χ1) is 12.2. The van der Waals surface area contributed by atoms with Crippen LogP contribution in [0.5, 0.6) is 11.5 Å². The second kappa shape index (κ2) is 6.28. The third-order valence-corrected chi connectivity index (χ3v) is 3.92. The lowest BCUT2D eigenvalue weighted by molar-refractivity contribution is -0.130. The number of benzene rings is 2. The van der Waals surface area contributed by atoms with Crippen molar-refractivity contribution in [1.29, 1.82) is 0 Å². The number of hydrogen-bond acceptors (Lipinski definition) is 5. The monoisotopic (exact) mass is 333 g/mol. The number of fused-ring (bicyclic) bond motifs is 1. The number of hydrogen-bond donors (Lipinski definition) is 0. The Morgan fingerprint density at radius 1 is 1.16 bits per heavy atom. The van der Waals surface area contributed by atoms with Crippen molar-refractivity contribution >= 4 is 17.9 Å². The van der Waals surface area contributed by atoms with Crippen LogP contribution in [0.25, 0.3) is 6.08 Å². The third-order valence-electron chi connectivity index (χ3n) is 3.92. The fourth-order valence-electron chi connectivity index (χ4n) is 2.66. The van der Waals surface area contributed by atoms with Gasteiger partial charge in [0.2, 0.25) is 5.90 Å². The predicted molar refractivity (Wildman–Crippen MR) is 93.6 cm³/mol. The fraction of sp³-hybridized carbons (Fsp3) is 0.100. The molecule has 2 aromatic rings. The number of esters is 1. The van der Waals surface area contributed by atoms with Crippen LogP contribution >= 0.6 is 0 Å². The van der Waals surface area contributed by atoms with Crippen molar-refractivity contribution < 1.29 is 19.0 Å². The highest BCUT2D eigenvalue weighted by molar-refractivity contribution is 6.11. The second-order valence-electron chi connectivity index (χ2n) is 5.61. The highest BCUT2D eigenvalue weighted by Gasteiger charge is 2.24. The molecule has 124 valence electrons. The summed E-state index contributed by atoms with van der Waals surface area (Å²) < 4.78 is 16.2. The largest absolute Gasteiger partial charge is 0.497 e. The molecule has 0 fully saturated rings. The molecule has 25 heavy (non-hydrogen) atoms. The van der Waals surface area contributed by atoms with Crippen molar-refractivity contribution in [2.75, 3.05) is 13.7 Å². The number of carbonyl (C=O) groups is 1. The zero-order valence-electron chi connectivity index (χ0n) is 13.6. The molecular weight excluding hydrogens is 318 g/mol. The van der Waals surface area contributed by atoms with Crippen molar-refractivity contribution in [2.45, 2.75) is 0 Å². The van der Waals surface area contributed by atoms with Crippen LogP contribution in [0.4, 0.5) is 0 Å². The van der Waals surface area contributed by atoms with E-state index in [0.29, 0.717) is 12.5 Å². The number of carbonyl (C=O) groups excluding carboxylic acids is 1. The van der Waals surface area contributed by atoms with Gasteiger partial charge in [-0.05, 0) is 42.0 Å². The Morgan fingerprint density at radius 3 is 2.80 bits per heavy atom. The highest BCUT2D eigenvalue weighted by Crippen LogP contribution is 2.31. The van der Waals surface area contributed by atoms with E-state index in [2.05, 4.69) is 4.99 Å². The zero-order chi connectivity index (χ0) is 17.2. The topological polar surface area (TPSA) is 57.1 Å². The highest BCUT2D eigenvalue weighted by atomic mass is 16.6. The van der Waals surface area contributed by atoms with Crippen LogP contribution in [0.15, 0.2) is 70.9 Å². The maximum absolute atomic E-state index is 12.1. The minimum atomic E-state index is -0.458. The Labute approximate surface area is 144 Å². The number of methoxy groups -OCH3 is 1. The molecule has 2 aromatic carbocycles. The molecule has 0 spiro atoms. The third kappa shape index (κ3) is 3.04. The van der Waals surface area contributed by atoms with Crippen LogP contribution < -0.4 is 9.47 Å². The molecule has 0 saturated carbocycles. The maximum Gasteiger partial charge on any atom is 0.363 e. The predicted octanol–water partition coefficient (Wildman–Crippen LogP) is 3.36. The summed E-state index contributed by atoms with van der Waals surface area (Å²) in [7, 11) is 1.62. The van der Waals surface area contributed by atoms with Crippen LogP contribution in [-0.4, -0.2) is 25.6 Å².